The van der Waals surface area contributed by atoms with Crippen molar-refractivity contribution in [3.8, 4) is 5.75 Å². The zero-order valence-corrected chi connectivity index (χ0v) is 15.4. The van der Waals surface area contributed by atoms with Crippen molar-refractivity contribution in [2.45, 2.75) is 19.5 Å². The molecule has 0 fully saturated rings. The third-order valence-electron chi connectivity index (χ3n) is 3.95. The highest BCUT2D eigenvalue weighted by atomic mass is 79.9. The van der Waals surface area contributed by atoms with Gasteiger partial charge in [0.15, 0.2) is 0 Å². The molecular weight excluding hydrogens is 388 g/mol. The van der Waals surface area contributed by atoms with Crippen LogP contribution in [-0.4, -0.2) is 27.2 Å². The molecule has 3 aromatic rings. The number of methoxy groups -OCH3 is 1. The number of hydrogen-bond acceptors (Lipinski definition) is 4. The number of carbonyl (C=O) groups is 1. The molecule has 0 unspecified atom stereocenters. The van der Waals surface area contributed by atoms with Crippen molar-refractivity contribution in [1.29, 1.82) is 0 Å². The highest BCUT2D eigenvalue weighted by molar-refractivity contribution is 9.10. The average Bonchev–Trinajstić information content (AvgIpc) is 3.09. The van der Waals surface area contributed by atoms with Crippen molar-refractivity contribution in [2.24, 2.45) is 0 Å². The van der Waals surface area contributed by atoms with Crippen LogP contribution in [0.2, 0.25) is 0 Å². The van der Waals surface area contributed by atoms with Gasteiger partial charge in [-0.2, -0.15) is 5.10 Å². The van der Waals surface area contributed by atoms with Gasteiger partial charge >= 0.3 is 0 Å². The Bertz CT molecular complexity index is 979. The second-order valence-electron chi connectivity index (χ2n) is 5.53. The maximum Gasteiger partial charge on any atom is 0.291 e. The summed E-state index contributed by atoms with van der Waals surface area (Å²) in [6.45, 7) is 1.93. The van der Waals surface area contributed by atoms with E-state index < -0.39 is 6.04 Å². The number of aromatic nitrogens is 3. The third-order valence-corrected chi connectivity index (χ3v) is 4.44. The van der Waals surface area contributed by atoms with E-state index in [4.69, 9.17) is 4.74 Å². The molecule has 3 rings (SSSR count). The Balaban J connectivity index is 1.77. The quantitative estimate of drug-likeness (QED) is 0.706. The minimum absolute atomic E-state index is 0.286. The van der Waals surface area contributed by atoms with Crippen LogP contribution in [0, 0.1) is 0 Å². The fraction of sp³-hybridized carbons (Fsp3) is 0.235. The number of hydrogen-bond donors (Lipinski definition) is 1. The number of nitrogens with one attached hydrogen (secondary N) is 1. The molecule has 2 heterocycles. The number of fused-ring (bicyclic) bond motifs is 1. The molecule has 0 aliphatic heterocycles. The number of amides is 1. The Morgan fingerprint density at radius 2 is 2.20 bits per heavy atom. The van der Waals surface area contributed by atoms with Crippen molar-refractivity contribution in [3.05, 3.63) is 63.2 Å². The van der Waals surface area contributed by atoms with Crippen molar-refractivity contribution in [2.75, 3.05) is 7.11 Å². The highest BCUT2D eigenvalue weighted by Gasteiger charge is 2.19. The summed E-state index contributed by atoms with van der Waals surface area (Å²) >= 11 is 3.40. The number of halogens is 1. The Hall–Kier alpha value is -2.61. The lowest BCUT2D eigenvalue weighted by molar-refractivity contribution is -0.124. The monoisotopic (exact) mass is 404 g/mol. The maximum absolute atomic E-state index is 12.5. The van der Waals surface area contributed by atoms with E-state index >= 15 is 0 Å². The molecule has 0 radical (unpaired) electrons. The summed E-state index contributed by atoms with van der Waals surface area (Å²) in [5.74, 6) is 0.383. The molecule has 1 N–H and O–H groups in total. The topological polar surface area (TPSA) is 77.6 Å². The van der Waals surface area contributed by atoms with Gasteiger partial charge in [-0.3, -0.25) is 9.59 Å². The fourth-order valence-electron chi connectivity index (χ4n) is 2.56. The van der Waals surface area contributed by atoms with Crippen LogP contribution in [0.4, 0.5) is 0 Å². The molecule has 0 aliphatic rings. The number of ether oxygens (including phenoxy) is 1. The van der Waals surface area contributed by atoms with Crippen molar-refractivity contribution >= 4 is 27.4 Å². The van der Waals surface area contributed by atoms with Crippen LogP contribution < -0.4 is 15.6 Å². The lowest BCUT2D eigenvalue weighted by Crippen LogP contribution is -2.37. The molecular formula is C17H17BrN4O3. The van der Waals surface area contributed by atoms with Gasteiger partial charge in [0, 0.05) is 22.8 Å². The van der Waals surface area contributed by atoms with E-state index in [0.29, 0.717) is 11.3 Å². The fourth-order valence-corrected chi connectivity index (χ4v) is 2.97. The van der Waals surface area contributed by atoms with Gasteiger partial charge < -0.3 is 14.5 Å². The van der Waals surface area contributed by atoms with E-state index in [9.17, 15) is 9.59 Å². The molecule has 8 heteroatoms. The third kappa shape index (κ3) is 3.43. The summed E-state index contributed by atoms with van der Waals surface area (Å²) in [6, 6.07) is 8.28. The second-order valence-corrected chi connectivity index (χ2v) is 6.45. The zero-order chi connectivity index (χ0) is 18.0. The summed E-state index contributed by atoms with van der Waals surface area (Å²) in [4.78, 5) is 24.9. The first-order chi connectivity index (χ1) is 12.0. The largest absolute Gasteiger partial charge is 0.496 e. The number of benzene rings is 1. The Morgan fingerprint density at radius 3 is 2.96 bits per heavy atom. The van der Waals surface area contributed by atoms with E-state index in [-0.39, 0.29) is 18.0 Å². The molecule has 25 heavy (non-hydrogen) atoms. The summed E-state index contributed by atoms with van der Waals surface area (Å²) in [5.41, 5.74) is 0.998. The smallest absolute Gasteiger partial charge is 0.291 e. The lowest BCUT2D eigenvalue weighted by Gasteiger charge is -2.15. The van der Waals surface area contributed by atoms with Gasteiger partial charge in [-0.25, -0.2) is 4.68 Å². The van der Waals surface area contributed by atoms with Crippen molar-refractivity contribution in [3.63, 3.8) is 0 Å². The van der Waals surface area contributed by atoms with Crippen molar-refractivity contribution < 1.29 is 9.53 Å². The van der Waals surface area contributed by atoms with Crippen molar-refractivity contribution in [1.82, 2.24) is 19.5 Å². The van der Waals surface area contributed by atoms with Gasteiger partial charge in [-0.15, -0.1) is 0 Å². The summed E-state index contributed by atoms with van der Waals surface area (Å²) in [6.07, 6.45) is 3.25. The van der Waals surface area contributed by atoms with Gasteiger partial charge in [0.05, 0.1) is 7.11 Å². The normalized spacial score (nSPS) is 12.1. The van der Waals surface area contributed by atoms with Crippen LogP contribution >= 0.6 is 15.9 Å². The predicted molar refractivity (Wildman–Crippen MR) is 96.7 cm³/mol. The molecule has 0 aliphatic carbocycles. The maximum atomic E-state index is 12.5. The molecule has 130 valence electrons. The average molecular weight is 405 g/mol. The molecule has 1 aromatic carbocycles. The summed E-state index contributed by atoms with van der Waals surface area (Å²) in [7, 11) is 1.58. The van der Waals surface area contributed by atoms with Crippen LogP contribution in [0.5, 0.6) is 5.75 Å². The first kappa shape index (κ1) is 17.2. The van der Waals surface area contributed by atoms with E-state index in [1.807, 2.05) is 18.2 Å². The first-order valence-electron chi connectivity index (χ1n) is 7.66. The lowest BCUT2D eigenvalue weighted by atomic mass is 10.2. The van der Waals surface area contributed by atoms with E-state index in [2.05, 4.69) is 26.3 Å². The van der Waals surface area contributed by atoms with Gasteiger partial charge in [-0.1, -0.05) is 15.9 Å². The van der Waals surface area contributed by atoms with Crippen LogP contribution in [-0.2, 0) is 11.3 Å². The van der Waals surface area contributed by atoms with Gasteiger partial charge in [0.1, 0.15) is 23.6 Å². The van der Waals surface area contributed by atoms with Crippen LogP contribution in [0.1, 0.15) is 18.5 Å². The predicted octanol–water partition coefficient (Wildman–Crippen LogP) is 2.14. The molecule has 0 saturated heterocycles. The zero-order valence-electron chi connectivity index (χ0n) is 13.8. The summed E-state index contributed by atoms with van der Waals surface area (Å²) in [5, 5.41) is 6.90. The van der Waals surface area contributed by atoms with E-state index in [1.54, 1.807) is 36.8 Å². The minimum Gasteiger partial charge on any atom is -0.496 e. The van der Waals surface area contributed by atoms with Gasteiger partial charge in [0.25, 0.3) is 5.56 Å². The Labute approximate surface area is 152 Å². The molecule has 2 aromatic heterocycles. The van der Waals surface area contributed by atoms with E-state index in [0.717, 1.165) is 10.0 Å². The minimum atomic E-state index is -0.731. The Kier molecular flexibility index (Phi) is 4.89. The molecule has 7 nitrogen and oxygen atoms in total. The number of rotatable bonds is 5. The van der Waals surface area contributed by atoms with E-state index in [1.165, 1.54) is 11.0 Å². The highest BCUT2D eigenvalue weighted by Crippen LogP contribution is 2.22. The van der Waals surface area contributed by atoms with Crippen LogP contribution in [0.3, 0.4) is 0 Å². The molecule has 0 saturated carbocycles. The number of nitrogens with zero attached hydrogens (tertiary/aromatic N) is 3. The first-order valence-corrected chi connectivity index (χ1v) is 8.45. The standard InChI is InChI=1S/C17H17BrN4O3/c1-11(22-17(24)14-4-3-7-21(14)10-20-22)16(23)19-9-12-8-13(18)5-6-15(12)25-2/h3-8,10-11H,9H2,1-2H3,(H,19,23)/t11-/m0/s1. The second kappa shape index (κ2) is 7.10. The molecule has 1 atom stereocenters. The molecule has 0 bridgehead atoms. The van der Waals surface area contributed by atoms with Gasteiger partial charge in [-0.05, 0) is 37.3 Å². The van der Waals surface area contributed by atoms with Crippen LogP contribution in [0.25, 0.3) is 5.52 Å². The molecule has 0 spiro atoms. The number of carbonyl (C=O) groups excluding carboxylic acids is 1. The molecule has 1 amide bonds. The van der Waals surface area contributed by atoms with Crippen LogP contribution in [0.15, 0.2) is 52.1 Å². The summed E-state index contributed by atoms with van der Waals surface area (Å²) < 4.78 is 8.99. The Morgan fingerprint density at radius 1 is 1.40 bits per heavy atom. The SMILES string of the molecule is COc1ccc(Br)cc1CNC(=O)[C@H](C)n1ncn2cccc2c1=O. The van der Waals surface area contributed by atoms with Gasteiger partial charge in [0.2, 0.25) is 5.91 Å².